The molecule has 3 heteroatoms. The average Bonchev–Trinajstić information content (AvgIpc) is 2.84. The number of benzene rings is 2. The summed E-state index contributed by atoms with van der Waals surface area (Å²) in [6.45, 7) is 0.603. The fourth-order valence-electron chi connectivity index (χ4n) is 2.88. The summed E-state index contributed by atoms with van der Waals surface area (Å²) >= 11 is 0. The summed E-state index contributed by atoms with van der Waals surface area (Å²) in [7, 11) is 1.69. The molecule has 0 radical (unpaired) electrons. The third-order valence-corrected chi connectivity index (χ3v) is 3.79. The molecule has 2 aromatic rings. The Balaban J connectivity index is 1.80. The Morgan fingerprint density at radius 2 is 2.10 bits per heavy atom. The second kappa shape index (κ2) is 5.63. The lowest BCUT2D eigenvalue weighted by atomic mass is 10.1. The fourth-order valence-corrected chi connectivity index (χ4v) is 2.88. The predicted molar refractivity (Wildman–Crippen MR) is 78.2 cm³/mol. The monoisotopic (exact) mass is 271 g/mol. The smallest absolute Gasteiger partial charge is 0.126 e. The second-order valence-corrected chi connectivity index (χ2v) is 5.18. The van der Waals surface area contributed by atoms with E-state index in [0.29, 0.717) is 6.61 Å². The van der Waals surface area contributed by atoms with E-state index in [1.165, 1.54) is 0 Å². The molecule has 0 spiro atoms. The summed E-state index contributed by atoms with van der Waals surface area (Å²) in [5.74, 6) is -0.0834. The molecule has 1 atom stereocenters. The number of rotatable bonds is 4. The molecule has 1 unspecified atom stereocenters. The van der Waals surface area contributed by atoms with Crippen molar-refractivity contribution in [1.82, 2.24) is 0 Å². The highest BCUT2D eigenvalue weighted by molar-refractivity contribution is 5.50. The number of halogens is 1. The van der Waals surface area contributed by atoms with Crippen molar-refractivity contribution in [1.29, 1.82) is 0 Å². The summed E-state index contributed by atoms with van der Waals surface area (Å²) in [4.78, 5) is 0. The zero-order valence-corrected chi connectivity index (χ0v) is 11.5. The maximum atomic E-state index is 13.7. The van der Waals surface area contributed by atoms with Crippen molar-refractivity contribution in [2.24, 2.45) is 0 Å². The van der Waals surface area contributed by atoms with Crippen LogP contribution in [0.15, 0.2) is 42.5 Å². The summed E-state index contributed by atoms with van der Waals surface area (Å²) < 4.78 is 18.9. The highest BCUT2D eigenvalue weighted by Crippen LogP contribution is 2.35. The van der Waals surface area contributed by atoms with Gasteiger partial charge in [0.05, 0.1) is 12.6 Å². The molecule has 1 aliphatic carbocycles. The third kappa shape index (κ3) is 2.54. The van der Waals surface area contributed by atoms with E-state index in [-0.39, 0.29) is 11.9 Å². The van der Waals surface area contributed by atoms with Gasteiger partial charge < -0.3 is 10.1 Å². The molecule has 3 rings (SSSR count). The maximum Gasteiger partial charge on any atom is 0.126 e. The second-order valence-electron chi connectivity index (χ2n) is 5.18. The summed E-state index contributed by atoms with van der Waals surface area (Å²) in [6.07, 6.45) is 1.74. The first kappa shape index (κ1) is 13.1. The minimum absolute atomic E-state index is 0.0834. The summed E-state index contributed by atoms with van der Waals surface area (Å²) in [5, 5.41) is 3.50. The van der Waals surface area contributed by atoms with Crippen molar-refractivity contribution >= 4 is 5.69 Å². The molecule has 1 aliphatic rings. The predicted octanol–water partition coefficient (Wildman–Crippen LogP) is 4.07. The van der Waals surface area contributed by atoms with Crippen LogP contribution in [0.2, 0.25) is 0 Å². The molecule has 104 valence electrons. The molecule has 0 saturated heterocycles. The number of anilines is 1. The van der Waals surface area contributed by atoms with Crippen molar-refractivity contribution in [3.8, 4) is 0 Å². The topological polar surface area (TPSA) is 21.3 Å². The van der Waals surface area contributed by atoms with Crippen LogP contribution in [0.1, 0.15) is 29.2 Å². The number of ether oxygens (including phenoxy) is 1. The molecule has 0 fully saturated rings. The Morgan fingerprint density at radius 1 is 1.25 bits per heavy atom. The lowest BCUT2D eigenvalue weighted by molar-refractivity contribution is 0.185. The fraction of sp³-hybridized carbons (Fsp3) is 0.294. The van der Waals surface area contributed by atoms with Crippen molar-refractivity contribution in [3.05, 3.63) is 65.0 Å². The van der Waals surface area contributed by atoms with Gasteiger partial charge in [0.25, 0.3) is 0 Å². The van der Waals surface area contributed by atoms with Gasteiger partial charge in [-0.25, -0.2) is 4.39 Å². The molecular weight excluding hydrogens is 253 g/mol. The number of hydrogen-bond donors (Lipinski definition) is 1. The first-order valence-corrected chi connectivity index (χ1v) is 6.89. The Hall–Kier alpha value is -1.87. The van der Waals surface area contributed by atoms with E-state index in [0.717, 1.165) is 35.2 Å². The molecule has 2 aromatic carbocycles. The van der Waals surface area contributed by atoms with Crippen LogP contribution in [0.5, 0.6) is 0 Å². The molecule has 1 N–H and O–H groups in total. The average molecular weight is 271 g/mol. The Labute approximate surface area is 118 Å². The van der Waals surface area contributed by atoms with E-state index in [4.69, 9.17) is 4.74 Å². The number of fused-ring (bicyclic) bond motifs is 1. The lowest BCUT2D eigenvalue weighted by Gasteiger charge is -2.16. The van der Waals surface area contributed by atoms with Gasteiger partial charge in [-0.2, -0.15) is 0 Å². The van der Waals surface area contributed by atoms with Gasteiger partial charge in [-0.05, 0) is 47.7 Å². The van der Waals surface area contributed by atoms with Gasteiger partial charge in [0.1, 0.15) is 5.82 Å². The first-order chi connectivity index (χ1) is 9.78. The molecule has 20 heavy (non-hydrogen) atoms. The quantitative estimate of drug-likeness (QED) is 0.905. The van der Waals surface area contributed by atoms with Gasteiger partial charge in [0.15, 0.2) is 0 Å². The van der Waals surface area contributed by atoms with Crippen LogP contribution in [0.3, 0.4) is 0 Å². The summed E-state index contributed by atoms with van der Waals surface area (Å²) in [5.41, 5.74) is 4.14. The largest absolute Gasteiger partial charge is 0.380 e. The number of hydrogen-bond acceptors (Lipinski definition) is 2. The molecule has 0 amide bonds. The van der Waals surface area contributed by atoms with Gasteiger partial charge in [0.2, 0.25) is 0 Å². The standard InChI is InChI=1S/C17H18FNO/c1-20-11-12-4-2-5-13(10-12)19-17-9-8-14-15(17)6-3-7-16(14)18/h2-7,10,17,19H,8-9,11H2,1H3. The van der Waals surface area contributed by atoms with Crippen LogP contribution in [0.4, 0.5) is 10.1 Å². The van der Waals surface area contributed by atoms with Crippen molar-refractivity contribution < 1.29 is 9.13 Å². The van der Waals surface area contributed by atoms with E-state index in [1.54, 1.807) is 19.2 Å². The van der Waals surface area contributed by atoms with E-state index >= 15 is 0 Å². The van der Waals surface area contributed by atoms with E-state index in [2.05, 4.69) is 11.4 Å². The minimum Gasteiger partial charge on any atom is -0.380 e. The van der Waals surface area contributed by atoms with E-state index < -0.39 is 0 Å². The SMILES string of the molecule is COCc1cccc(NC2CCc3c(F)cccc32)c1. The van der Waals surface area contributed by atoms with Crippen LogP contribution < -0.4 is 5.32 Å². The van der Waals surface area contributed by atoms with Crippen molar-refractivity contribution in [2.45, 2.75) is 25.5 Å². The molecule has 0 heterocycles. The zero-order chi connectivity index (χ0) is 13.9. The lowest BCUT2D eigenvalue weighted by Crippen LogP contribution is -2.07. The van der Waals surface area contributed by atoms with E-state index in [1.807, 2.05) is 24.3 Å². The highest BCUT2D eigenvalue weighted by Gasteiger charge is 2.24. The molecular formula is C17H18FNO. The maximum absolute atomic E-state index is 13.7. The Kier molecular flexibility index (Phi) is 3.70. The van der Waals surface area contributed by atoms with Crippen LogP contribution >= 0.6 is 0 Å². The van der Waals surface area contributed by atoms with Crippen molar-refractivity contribution in [2.75, 3.05) is 12.4 Å². The molecule has 0 bridgehead atoms. The molecule has 0 aliphatic heterocycles. The van der Waals surface area contributed by atoms with Crippen LogP contribution in [-0.4, -0.2) is 7.11 Å². The third-order valence-electron chi connectivity index (χ3n) is 3.79. The van der Waals surface area contributed by atoms with Gasteiger partial charge in [0, 0.05) is 12.8 Å². The normalized spacial score (nSPS) is 17.0. The number of nitrogens with one attached hydrogen (secondary N) is 1. The molecule has 0 aromatic heterocycles. The zero-order valence-electron chi connectivity index (χ0n) is 11.5. The van der Waals surface area contributed by atoms with Crippen molar-refractivity contribution in [3.63, 3.8) is 0 Å². The number of methoxy groups -OCH3 is 1. The van der Waals surface area contributed by atoms with Crippen LogP contribution in [0.25, 0.3) is 0 Å². The van der Waals surface area contributed by atoms with Crippen LogP contribution in [0, 0.1) is 5.82 Å². The highest BCUT2D eigenvalue weighted by atomic mass is 19.1. The van der Waals surface area contributed by atoms with E-state index in [9.17, 15) is 4.39 Å². The van der Waals surface area contributed by atoms with Crippen LogP contribution in [-0.2, 0) is 17.8 Å². The van der Waals surface area contributed by atoms with Gasteiger partial charge in [-0.1, -0.05) is 24.3 Å². The first-order valence-electron chi connectivity index (χ1n) is 6.89. The van der Waals surface area contributed by atoms with Gasteiger partial charge in [-0.3, -0.25) is 0 Å². The Bertz CT molecular complexity index is 612. The van der Waals surface area contributed by atoms with Gasteiger partial charge >= 0.3 is 0 Å². The summed E-state index contributed by atoms with van der Waals surface area (Å²) in [6, 6.07) is 13.7. The molecule has 0 saturated carbocycles. The van der Waals surface area contributed by atoms with Gasteiger partial charge in [-0.15, -0.1) is 0 Å². The molecule has 2 nitrogen and oxygen atoms in total. The Morgan fingerprint density at radius 3 is 2.95 bits per heavy atom. The minimum atomic E-state index is -0.0834.